The van der Waals surface area contributed by atoms with Gasteiger partial charge in [-0.3, -0.25) is 4.79 Å². The summed E-state index contributed by atoms with van der Waals surface area (Å²) in [6.07, 6.45) is 0. The standard InChI is InChI=1S/C12H12FN3O4S/c13-10-3-1-7(5-9(10)12(14)17)16-6-8-2-4-11(20-8)21(15,18)19/h1-5,16H,6H2,(H2,14,17)(H2,15,18,19). The summed E-state index contributed by atoms with van der Waals surface area (Å²) in [7, 11) is -3.89. The van der Waals surface area contributed by atoms with E-state index in [0.29, 0.717) is 11.4 Å². The number of carbonyl (C=O) groups excluding carboxylic acids is 1. The minimum atomic E-state index is -3.89. The minimum absolute atomic E-state index is 0.124. The van der Waals surface area contributed by atoms with Gasteiger partial charge in [-0.1, -0.05) is 0 Å². The zero-order valence-electron chi connectivity index (χ0n) is 10.7. The zero-order valence-corrected chi connectivity index (χ0v) is 11.5. The number of primary sulfonamides is 1. The summed E-state index contributed by atoms with van der Waals surface area (Å²) in [5.41, 5.74) is 5.22. The number of primary amides is 1. The van der Waals surface area contributed by atoms with Crippen LogP contribution in [0.25, 0.3) is 0 Å². The summed E-state index contributed by atoms with van der Waals surface area (Å²) in [4.78, 5) is 11.0. The van der Waals surface area contributed by atoms with E-state index < -0.39 is 21.7 Å². The van der Waals surface area contributed by atoms with Gasteiger partial charge < -0.3 is 15.5 Å². The normalized spacial score (nSPS) is 11.3. The van der Waals surface area contributed by atoms with Gasteiger partial charge in [0.05, 0.1) is 12.1 Å². The summed E-state index contributed by atoms with van der Waals surface area (Å²) < 4.78 is 40.4. The highest BCUT2D eigenvalue weighted by atomic mass is 32.2. The number of nitrogens with two attached hydrogens (primary N) is 2. The van der Waals surface area contributed by atoms with Gasteiger partial charge in [-0.05, 0) is 30.3 Å². The van der Waals surface area contributed by atoms with Gasteiger partial charge in [-0.25, -0.2) is 17.9 Å². The van der Waals surface area contributed by atoms with Crippen LogP contribution in [0.2, 0.25) is 0 Å². The average molecular weight is 313 g/mol. The molecule has 1 amide bonds. The van der Waals surface area contributed by atoms with Gasteiger partial charge in [0.15, 0.2) is 0 Å². The molecule has 2 aromatic rings. The van der Waals surface area contributed by atoms with Crippen molar-refractivity contribution in [2.75, 3.05) is 5.32 Å². The molecule has 0 bridgehead atoms. The number of anilines is 1. The fourth-order valence-electron chi connectivity index (χ4n) is 1.62. The Kier molecular flexibility index (Phi) is 3.96. The summed E-state index contributed by atoms with van der Waals surface area (Å²) in [5.74, 6) is -1.29. The largest absolute Gasteiger partial charge is 0.446 e. The number of nitrogens with one attached hydrogen (secondary N) is 1. The summed E-state index contributed by atoms with van der Waals surface area (Å²) in [6, 6.07) is 6.42. The molecule has 0 saturated carbocycles. The van der Waals surface area contributed by atoms with E-state index in [1.54, 1.807) is 0 Å². The Bertz CT molecular complexity index is 786. The van der Waals surface area contributed by atoms with Crippen molar-refractivity contribution in [3.63, 3.8) is 0 Å². The van der Waals surface area contributed by atoms with Crippen molar-refractivity contribution in [2.45, 2.75) is 11.6 Å². The number of sulfonamides is 1. The number of carbonyl (C=O) groups is 1. The van der Waals surface area contributed by atoms with Crippen LogP contribution in [0.15, 0.2) is 39.8 Å². The van der Waals surface area contributed by atoms with Crippen LogP contribution in [0.1, 0.15) is 16.1 Å². The van der Waals surface area contributed by atoms with Crippen LogP contribution >= 0.6 is 0 Å². The fourth-order valence-corrected chi connectivity index (χ4v) is 2.10. The van der Waals surface area contributed by atoms with Crippen LogP contribution in [-0.4, -0.2) is 14.3 Å². The molecule has 7 nitrogen and oxygen atoms in total. The molecule has 1 aromatic heterocycles. The number of halogens is 1. The third kappa shape index (κ3) is 3.58. The van der Waals surface area contributed by atoms with Crippen LogP contribution in [0.5, 0.6) is 0 Å². The number of hydrogen-bond donors (Lipinski definition) is 3. The molecule has 9 heteroatoms. The van der Waals surface area contributed by atoms with Gasteiger partial charge in [0, 0.05) is 5.69 Å². The Morgan fingerprint density at radius 2 is 2.00 bits per heavy atom. The first kappa shape index (κ1) is 15.0. The Labute approximate surface area is 119 Å². The number of rotatable bonds is 5. The van der Waals surface area contributed by atoms with E-state index in [1.807, 2.05) is 0 Å². The van der Waals surface area contributed by atoms with Crippen molar-refractivity contribution >= 4 is 21.6 Å². The lowest BCUT2D eigenvalue weighted by molar-refractivity contribution is 0.0996. The Morgan fingerprint density at radius 1 is 1.29 bits per heavy atom. The molecule has 2 rings (SSSR count). The van der Waals surface area contributed by atoms with Crippen molar-refractivity contribution in [3.05, 3.63) is 47.5 Å². The van der Waals surface area contributed by atoms with E-state index >= 15 is 0 Å². The summed E-state index contributed by atoms with van der Waals surface area (Å²) in [5, 5.41) is 7.41. The van der Waals surface area contributed by atoms with Crippen LogP contribution in [0.3, 0.4) is 0 Å². The maximum atomic E-state index is 13.3. The van der Waals surface area contributed by atoms with Crippen LogP contribution < -0.4 is 16.2 Å². The quantitative estimate of drug-likeness (QED) is 0.751. The van der Waals surface area contributed by atoms with Crippen molar-refractivity contribution in [1.82, 2.24) is 0 Å². The number of amides is 1. The van der Waals surface area contributed by atoms with Crippen LogP contribution in [0.4, 0.5) is 10.1 Å². The second-order valence-electron chi connectivity index (χ2n) is 4.18. The molecule has 0 fully saturated rings. The fraction of sp³-hybridized carbons (Fsp3) is 0.0833. The second-order valence-corrected chi connectivity index (χ2v) is 5.67. The maximum Gasteiger partial charge on any atom is 0.271 e. The molecule has 0 atom stereocenters. The Hall–Kier alpha value is -2.39. The molecule has 1 heterocycles. The van der Waals surface area contributed by atoms with Gasteiger partial charge in [0.2, 0.25) is 5.09 Å². The van der Waals surface area contributed by atoms with Gasteiger partial charge in [-0.2, -0.15) is 0 Å². The molecule has 0 aliphatic carbocycles. The molecule has 0 unspecified atom stereocenters. The highest BCUT2D eigenvalue weighted by Gasteiger charge is 2.13. The molecule has 21 heavy (non-hydrogen) atoms. The van der Waals surface area contributed by atoms with Gasteiger partial charge >= 0.3 is 0 Å². The summed E-state index contributed by atoms with van der Waals surface area (Å²) in [6.45, 7) is 0.124. The molecule has 0 aliphatic heterocycles. The predicted molar refractivity (Wildman–Crippen MR) is 72.3 cm³/mol. The Balaban J connectivity index is 2.12. The highest BCUT2D eigenvalue weighted by Crippen LogP contribution is 2.17. The van der Waals surface area contributed by atoms with Crippen molar-refractivity contribution < 1.29 is 22.0 Å². The third-order valence-corrected chi connectivity index (χ3v) is 3.40. The van der Waals surface area contributed by atoms with Crippen LogP contribution in [0, 0.1) is 5.82 Å². The third-order valence-electron chi connectivity index (χ3n) is 2.62. The molecule has 5 N–H and O–H groups in total. The second kappa shape index (κ2) is 5.54. The van der Waals surface area contributed by atoms with Crippen molar-refractivity contribution in [2.24, 2.45) is 10.9 Å². The molecule has 0 radical (unpaired) electrons. The van der Waals surface area contributed by atoms with Crippen molar-refractivity contribution in [3.8, 4) is 0 Å². The Morgan fingerprint density at radius 3 is 2.57 bits per heavy atom. The first-order valence-corrected chi connectivity index (χ1v) is 7.27. The van der Waals surface area contributed by atoms with E-state index in [9.17, 15) is 17.6 Å². The average Bonchev–Trinajstić information content (AvgIpc) is 2.86. The van der Waals surface area contributed by atoms with Crippen molar-refractivity contribution in [1.29, 1.82) is 0 Å². The smallest absolute Gasteiger partial charge is 0.271 e. The lowest BCUT2D eigenvalue weighted by Crippen LogP contribution is -2.13. The summed E-state index contributed by atoms with van der Waals surface area (Å²) >= 11 is 0. The van der Waals surface area contributed by atoms with E-state index in [1.165, 1.54) is 24.3 Å². The monoisotopic (exact) mass is 313 g/mol. The molecular formula is C12H12FN3O4S. The van der Waals surface area contributed by atoms with Gasteiger partial charge in [0.25, 0.3) is 15.9 Å². The topological polar surface area (TPSA) is 128 Å². The van der Waals surface area contributed by atoms with E-state index in [4.69, 9.17) is 15.3 Å². The SMILES string of the molecule is NC(=O)c1cc(NCc2ccc(S(N)(=O)=O)o2)ccc1F. The molecule has 112 valence electrons. The number of hydrogen-bond acceptors (Lipinski definition) is 5. The van der Waals surface area contributed by atoms with E-state index in [0.717, 1.165) is 6.07 Å². The number of benzene rings is 1. The maximum absolute atomic E-state index is 13.3. The van der Waals surface area contributed by atoms with Crippen LogP contribution in [-0.2, 0) is 16.6 Å². The van der Waals surface area contributed by atoms with Gasteiger partial charge in [0.1, 0.15) is 11.6 Å². The van der Waals surface area contributed by atoms with Gasteiger partial charge in [-0.15, -0.1) is 0 Å². The van der Waals surface area contributed by atoms with E-state index in [-0.39, 0.29) is 17.2 Å². The number of furan rings is 1. The lowest BCUT2D eigenvalue weighted by Gasteiger charge is -2.06. The lowest BCUT2D eigenvalue weighted by atomic mass is 10.2. The molecular weight excluding hydrogens is 301 g/mol. The first-order valence-electron chi connectivity index (χ1n) is 5.72. The molecule has 0 saturated heterocycles. The van der Waals surface area contributed by atoms with E-state index in [2.05, 4.69) is 5.32 Å². The predicted octanol–water partition coefficient (Wildman–Crippen LogP) is 0.777. The molecule has 0 spiro atoms. The zero-order chi connectivity index (χ0) is 15.6. The molecule has 1 aromatic carbocycles. The molecule has 0 aliphatic rings. The first-order chi connectivity index (χ1) is 9.77. The highest BCUT2D eigenvalue weighted by molar-refractivity contribution is 7.89. The minimum Gasteiger partial charge on any atom is -0.446 e.